The molecule has 0 unspecified atom stereocenters. The lowest BCUT2D eigenvalue weighted by atomic mass is 9.95. The Kier molecular flexibility index (Phi) is 5.17. The fourth-order valence-electron chi connectivity index (χ4n) is 3.91. The SMILES string of the molecule is CC(C)=CCc1c(O)cc2occ(-c3ccc(O)c4c3O[C@@H](C(C)(C)O)C4)c(=O)c2c1O. The molecule has 3 aromatic rings. The predicted octanol–water partition coefficient (Wildman–Crippen LogP) is 4.16. The van der Waals surface area contributed by atoms with Crippen LogP contribution in [0.2, 0.25) is 0 Å². The van der Waals surface area contributed by atoms with Crippen molar-refractivity contribution >= 4 is 11.0 Å². The first kappa shape index (κ1) is 21.8. The number of hydrogen-bond donors (Lipinski definition) is 4. The molecule has 0 spiro atoms. The Balaban J connectivity index is 1.91. The summed E-state index contributed by atoms with van der Waals surface area (Å²) in [5.41, 5.74) is 0.657. The molecule has 0 bridgehead atoms. The second-order valence-corrected chi connectivity index (χ2v) is 8.96. The maximum Gasteiger partial charge on any atom is 0.204 e. The van der Waals surface area contributed by atoms with Crippen LogP contribution in [0.5, 0.6) is 23.0 Å². The Labute approximate surface area is 184 Å². The third kappa shape index (κ3) is 3.58. The van der Waals surface area contributed by atoms with Gasteiger partial charge in [-0.3, -0.25) is 4.79 Å². The lowest BCUT2D eigenvalue weighted by molar-refractivity contribution is -0.0227. The molecule has 1 aliphatic rings. The molecule has 0 radical (unpaired) electrons. The Morgan fingerprint density at radius 3 is 2.53 bits per heavy atom. The molecule has 168 valence electrons. The third-order valence-electron chi connectivity index (χ3n) is 5.80. The minimum Gasteiger partial charge on any atom is -0.508 e. The van der Waals surface area contributed by atoms with Crippen molar-refractivity contribution in [3.05, 3.63) is 57.5 Å². The zero-order valence-corrected chi connectivity index (χ0v) is 18.4. The molecule has 4 N–H and O–H groups in total. The van der Waals surface area contributed by atoms with E-state index in [2.05, 4.69) is 0 Å². The zero-order valence-electron chi connectivity index (χ0n) is 18.4. The number of aromatic hydroxyl groups is 3. The van der Waals surface area contributed by atoms with Crippen molar-refractivity contribution in [3.8, 4) is 34.1 Å². The molecule has 0 saturated heterocycles. The van der Waals surface area contributed by atoms with Crippen LogP contribution >= 0.6 is 0 Å². The van der Waals surface area contributed by atoms with Crippen LogP contribution in [0.25, 0.3) is 22.1 Å². The van der Waals surface area contributed by atoms with Gasteiger partial charge in [0.2, 0.25) is 5.43 Å². The number of benzene rings is 2. The first-order valence-corrected chi connectivity index (χ1v) is 10.4. The van der Waals surface area contributed by atoms with E-state index in [1.807, 2.05) is 19.9 Å². The van der Waals surface area contributed by atoms with Crippen LogP contribution in [-0.4, -0.2) is 32.1 Å². The van der Waals surface area contributed by atoms with Gasteiger partial charge in [-0.05, 0) is 46.2 Å². The van der Waals surface area contributed by atoms with Crippen LogP contribution in [0.3, 0.4) is 0 Å². The van der Waals surface area contributed by atoms with Gasteiger partial charge in [0.1, 0.15) is 46.3 Å². The molecule has 1 aromatic heterocycles. The molecular formula is C25H26O7. The first-order valence-electron chi connectivity index (χ1n) is 10.4. The highest BCUT2D eigenvalue weighted by molar-refractivity contribution is 5.90. The average molecular weight is 438 g/mol. The highest BCUT2D eigenvalue weighted by Crippen LogP contribution is 2.45. The van der Waals surface area contributed by atoms with E-state index in [1.54, 1.807) is 19.9 Å². The molecule has 2 heterocycles. The highest BCUT2D eigenvalue weighted by atomic mass is 16.5. The minimum absolute atomic E-state index is 0.0115. The fourth-order valence-corrected chi connectivity index (χ4v) is 3.91. The summed E-state index contributed by atoms with van der Waals surface area (Å²) in [4.78, 5) is 13.4. The van der Waals surface area contributed by atoms with Crippen LogP contribution in [0.15, 0.2) is 45.3 Å². The fraction of sp³-hybridized carbons (Fsp3) is 0.320. The molecule has 7 nitrogen and oxygen atoms in total. The highest BCUT2D eigenvalue weighted by Gasteiger charge is 2.38. The summed E-state index contributed by atoms with van der Waals surface area (Å²) in [5, 5.41) is 41.8. The van der Waals surface area contributed by atoms with Gasteiger partial charge in [-0.1, -0.05) is 11.6 Å². The summed E-state index contributed by atoms with van der Waals surface area (Å²) in [5.74, 6) is -0.187. The van der Waals surface area contributed by atoms with Gasteiger partial charge in [0.15, 0.2) is 0 Å². The molecule has 0 saturated carbocycles. The van der Waals surface area contributed by atoms with E-state index >= 15 is 0 Å². The van der Waals surface area contributed by atoms with Crippen LogP contribution in [0, 0.1) is 0 Å². The molecule has 1 atom stereocenters. The lowest BCUT2D eigenvalue weighted by Gasteiger charge is -2.24. The summed E-state index contributed by atoms with van der Waals surface area (Å²) in [6.07, 6.45) is 3.02. The number of allylic oxidation sites excluding steroid dienone is 2. The van der Waals surface area contributed by atoms with Crippen LogP contribution < -0.4 is 10.2 Å². The lowest BCUT2D eigenvalue weighted by Crippen LogP contribution is -2.39. The molecule has 0 fully saturated rings. The average Bonchev–Trinajstić information content (AvgIpc) is 3.15. The standard InChI is InChI=1S/C25H26O7/c1-12(2)5-6-14-18(27)10-19-21(22(14)28)23(29)16(11-31-19)13-7-8-17(26)15-9-20(25(3,4)30)32-24(13)15/h5,7-8,10-11,20,26-28,30H,6,9H2,1-4H3/t20-/m1/s1. The Morgan fingerprint density at radius 1 is 1.16 bits per heavy atom. The largest absolute Gasteiger partial charge is 0.508 e. The van der Waals surface area contributed by atoms with E-state index < -0.39 is 17.1 Å². The molecule has 4 rings (SSSR count). The number of phenolic OH excluding ortho intramolecular Hbond substituents is 3. The second kappa shape index (κ2) is 7.60. The van der Waals surface area contributed by atoms with Crippen molar-refractivity contribution in [2.45, 2.75) is 52.2 Å². The van der Waals surface area contributed by atoms with Gasteiger partial charge in [-0.2, -0.15) is 0 Å². The van der Waals surface area contributed by atoms with Gasteiger partial charge in [0.25, 0.3) is 0 Å². The molecule has 0 aliphatic carbocycles. The van der Waals surface area contributed by atoms with Gasteiger partial charge in [0.05, 0.1) is 11.2 Å². The number of rotatable bonds is 4. The van der Waals surface area contributed by atoms with E-state index in [0.29, 0.717) is 16.9 Å². The van der Waals surface area contributed by atoms with E-state index in [0.717, 1.165) is 5.57 Å². The van der Waals surface area contributed by atoms with Gasteiger partial charge in [-0.25, -0.2) is 0 Å². The van der Waals surface area contributed by atoms with Crippen LogP contribution in [0.4, 0.5) is 0 Å². The Hall–Kier alpha value is -3.45. The number of aliphatic hydroxyl groups is 1. The maximum atomic E-state index is 13.4. The Morgan fingerprint density at radius 2 is 1.88 bits per heavy atom. The minimum atomic E-state index is -1.16. The molecule has 0 amide bonds. The quantitative estimate of drug-likeness (QED) is 0.452. The summed E-state index contributed by atoms with van der Waals surface area (Å²) >= 11 is 0. The summed E-state index contributed by atoms with van der Waals surface area (Å²) in [6, 6.07) is 4.32. The third-order valence-corrected chi connectivity index (χ3v) is 5.80. The molecule has 7 heteroatoms. The van der Waals surface area contributed by atoms with E-state index in [4.69, 9.17) is 9.15 Å². The van der Waals surface area contributed by atoms with Gasteiger partial charge in [0, 0.05) is 29.2 Å². The van der Waals surface area contributed by atoms with Gasteiger partial charge in [-0.15, -0.1) is 0 Å². The van der Waals surface area contributed by atoms with Crippen molar-refractivity contribution in [1.29, 1.82) is 0 Å². The normalized spacial score (nSPS) is 15.5. The summed E-state index contributed by atoms with van der Waals surface area (Å²) < 4.78 is 11.5. The van der Waals surface area contributed by atoms with Crippen molar-refractivity contribution in [2.75, 3.05) is 0 Å². The van der Waals surface area contributed by atoms with E-state index in [-0.39, 0.29) is 52.2 Å². The molecule has 1 aliphatic heterocycles. The van der Waals surface area contributed by atoms with Crippen LogP contribution in [0.1, 0.15) is 38.8 Å². The smallest absolute Gasteiger partial charge is 0.204 e. The van der Waals surface area contributed by atoms with E-state index in [9.17, 15) is 25.2 Å². The first-order chi connectivity index (χ1) is 15.0. The molecular weight excluding hydrogens is 412 g/mol. The van der Waals surface area contributed by atoms with Gasteiger partial charge < -0.3 is 29.6 Å². The topological polar surface area (TPSA) is 120 Å². The number of ether oxygens (including phenoxy) is 1. The van der Waals surface area contributed by atoms with Crippen molar-refractivity contribution in [2.24, 2.45) is 0 Å². The molecule has 32 heavy (non-hydrogen) atoms. The van der Waals surface area contributed by atoms with E-state index in [1.165, 1.54) is 18.4 Å². The van der Waals surface area contributed by atoms with Crippen molar-refractivity contribution in [1.82, 2.24) is 0 Å². The molecule has 2 aromatic carbocycles. The summed E-state index contributed by atoms with van der Waals surface area (Å²) in [6.45, 7) is 7.02. The zero-order chi connectivity index (χ0) is 23.4. The predicted molar refractivity (Wildman–Crippen MR) is 120 cm³/mol. The van der Waals surface area contributed by atoms with Gasteiger partial charge >= 0.3 is 0 Å². The number of phenols is 3. The monoisotopic (exact) mass is 438 g/mol. The van der Waals surface area contributed by atoms with Crippen molar-refractivity contribution < 1.29 is 29.6 Å². The van der Waals surface area contributed by atoms with Crippen molar-refractivity contribution in [3.63, 3.8) is 0 Å². The second-order valence-electron chi connectivity index (χ2n) is 8.96. The number of hydrogen-bond acceptors (Lipinski definition) is 7. The van der Waals surface area contributed by atoms with Crippen LogP contribution in [-0.2, 0) is 12.8 Å². The summed E-state index contributed by atoms with van der Waals surface area (Å²) in [7, 11) is 0. The Bertz CT molecular complexity index is 1300. The number of fused-ring (bicyclic) bond motifs is 2. The maximum absolute atomic E-state index is 13.4.